The molecular formula is C11H13NO4. The molecule has 1 aromatic rings. The van der Waals surface area contributed by atoms with Gasteiger partial charge in [0.1, 0.15) is 0 Å². The number of carbonyl (C=O) groups is 1. The van der Waals surface area contributed by atoms with E-state index in [9.17, 15) is 14.9 Å². The van der Waals surface area contributed by atoms with Crippen molar-refractivity contribution in [3.63, 3.8) is 0 Å². The molecule has 0 bridgehead atoms. The van der Waals surface area contributed by atoms with Crippen LogP contribution >= 0.6 is 0 Å². The maximum absolute atomic E-state index is 11.5. The van der Waals surface area contributed by atoms with Crippen molar-refractivity contribution in [1.82, 2.24) is 0 Å². The van der Waals surface area contributed by atoms with Gasteiger partial charge in [-0.1, -0.05) is 0 Å². The van der Waals surface area contributed by atoms with Crippen molar-refractivity contribution in [3.8, 4) is 0 Å². The van der Waals surface area contributed by atoms with Crippen LogP contribution in [0, 0.1) is 24.0 Å². The highest BCUT2D eigenvalue weighted by Gasteiger charge is 2.17. The minimum atomic E-state index is -0.521. The fourth-order valence-electron chi connectivity index (χ4n) is 1.37. The molecule has 0 amide bonds. The van der Waals surface area contributed by atoms with Gasteiger partial charge in [-0.15, -0.1) is 0 Å². The molecule has 0 saturated heterocycles. The Morgan fingerprint density at radius 3 is 2.56 bits per heavy atom. The lowest BCUT2D eigenvalue weighted by atomic mass is 10.0. The van der Waals surface area contributed by atoms with Gasteiger partial charge in [-0.25, -0.2) is 4.79 Å². The van der Waals surface area contributed by atoms with Crippen LogP contribution in [0.15, 0.2) is 12.1 Å². The zero-order valence-corrected chi connectivity index (χ0v) is 9.44. The number of rotatable bonds is 3. The van der Waals surface area contributed by atoms with Gasteiger partial charge in [-0.05, 0) is 31.9 Å². The Morgan fingerprint density at radius 2 is 2.06 bits per heavy atom. The third-order valence-electron chi connectivity index (χ3n) is 2.36. The quantitative estimate of drug-likeness (QED) is 0.448. The van der Waals surface area contributed by atoms with Crippen LogP contribution in [-0.2, 0) is 4.74 Å². The highest BCUT2D eigenvalue weighted by Crippen LogP contribution is 2.22. The summed E-state index contributed by atoms with van der Waals surface area (Å²) in [4.78, 5) is 21.7. The molecule has 0 radical (unpaired) electrons. The van der Waals surface area contributed by atoms with Crippen molar-refractivity contribution >= 4 is 11.7 Å². The van der Waals surface area contributed by atoms with Gasteiger partial charge in [0.2, 0.25) is 0 Å². The van der Waals surface area contributed by atoms with Crippen molar-refractivity contribution in [2.24, 2.45) is 0 Å². The van der Waals surface area contributed by atoms with Crippen molar-refractivity contribution in [3.05, 3.63) is 38.9 Å². The van der Waals surface area contributed by atoms with Crippen LogP contribution < -0.4 is 0 Å². The highest BCUT2D eigenvalue weighted by molar-refractivity contribution is 5.92. The summed E-state index contributed by atoms with van der Waals surface area (Å²) in [7, 11) is 0. The molecule has 0 aliphatic heterocycles. The maximum Gasteiger partial charge on any atom is 0.338 e. The molecule has 1 rings (SSSR count). The number of nitrogens with zero attached hydrogens (tertiary/aromatic N) is 1. The van der Waals surface area contributed by atoms with E-state index in [-0.39, 0.29) is 17.9 Å². The predicted molar refractivity (Wildman–Crippen MR) is 58.5 cm³/mol. The first-order chi connectivity index (χ1) is 7.47. The van der Waals surface area contributed by atoms with E-state index in [1.807, 2.05) is 0 Å². The molecule has 0 aromatic heterocycles. The van der Waals surface area contributed by atoms with E-state index in [1.54, 1.807) is 20.8 Å². The topological polar surface area (TPSA) is 69.4 Å². The molecule has 0 saturated carbocycles. The first-order valence-electron chi connectivity index (χ1n) is 4.90. The Labute approximate surface area is 93.2 Å². The van der Waals surface area contributed by atoms with E-state index in [1.165, 1.54) is 12.1 Å². The van der Waals surface area contributed by atoms with Crippen LogP contribution in [0.5, 0.6) is 0 Å². The molecule has 0 aliphatic rings. The molecule has 0 N–H and O–H groups in total. The normalized spacial score (nSPS) is 9.94. The second-order valence-corrected chi connectivity index (χ2v) is 3.41. The van der Waals surface area contributed by atoms with Gasteiger partial charge in [0.25, 0.3) is 5.69 Å². The molecule has 0 spiro atoms. The van der Waals surface area contributed by atoms with Crippen molar-refractivity contribution < 1.29 is 14.5 Å². The molecule has 0 unspecified atom stereocenters. The molecule has 86 valence electrons. The average molecular weight is 223 g/mol. The summed E-state index contributed by atoms with van der Waals surface area (Å²) in [6, 6.07) is 2.69. The SMILES string of the molecule is CCOC(=O)c1cc([N+](=O)[O-])cc(C)c1C. The number of ether oxygens (including phenoxy) is 1. The second-order valence-electron chi connectivity index (χ2n) is 3.41. The Balaban J connectivity index is 3.26. The Hall–Kier alpha value is -1.91. The van der Waals surface area contributed by atoms with Crippen LogP contribution in [0.3, 0.4) is 0 Å². The summed E-state index contributed by atoms with van der Waals surface area (Å²) in [6.07, 6.45) is 0. The molecule has 5 heteroatoms. The summed E-state index contributed by atoms with van der Waals surface area (Å²) < 4.78 is 4.84. The summed E-state index contributed by atoms with van der Waals surface area (Å²) in [5.41, 5.74) is 1.58. The third kappa shape index (κ3) is 2.36. The Kier molecular flexibility index (Phi) is 3.60. The fourth-order valence-corrected chi connectivity index (χ4v) is 1.37. The summed E-state index contributed by atoms with van der Waals surface area (Å²) in [5.74, 6) is -0.521. The number of nitro benzene ring substituents is 1. The lowest BCUT2D eigenvalue weighted by Gasteiger charge is -2.07. The number of carbonyl (C=O) groups excluding carboxylic acids is 1. The summed E-state index contributed by atoms with van der Waals surface area (Å²) in [5, 5.41) is 10.7. The lowest BCUT2D eigenvalue weighted by Crippen LogP contribution is -2.08. The fraction of sp³-hybridized carbons (Fsp3) is 0.364. The second kappa shape index (κ2) is 4.74. The number of hydrogen-bond donors (Lipinski definition) is 0. The summed E-state index contributed by atoms with van der Waals surface area (Å²) >= 11 is 0. The molecule has 0 fully saturated rings. The zero-order valence-electron chi connectivity index (χ0n) is 9.44. The van der Waals surface area contributed by atoms with Gasteiger partial charge in [0.15, 0.2) is 0 Å². The van der Waals surface area contributed by atoms with E-state index in [4.69, 9.17) is 4.74 Å². The monoisotopic (exact) mass is 223 g/mol. The largest absolute Gasteiger partial charge is 0.462 e. The first kappa shape index (κ1) is 12.2. The highest BCUT2D eigenvalue weighted by atomic mass is 16.6. The predicted octanol–water partition coefficient (Wildman–Crippen LogP) is 2.39. The zero-order chi connectivity index (χ0) is 12.3. The van der Waals surface area contributed by atoms with Gasteiger partial charge in [-0.2, -0.15) is 0 Å². The van der Waals surface area contributed by atoms with Crippen molar-refractivity contribution in [1.29, 1.82) is 0 Å². The van der Waals surface area contributed by atoms with Gasteiger partial charge < -0.3 is 4.74 Å². The summed E-state index contributed by atoms with van der Waals surface area (Å²) in [6.45, 7) is 5.41. The number of benzene rings is 1. The lowest BCUT2D eigenvalue weighted by molar-refractivity contribution is -0.384. The molecule has 16 heavy (non-hydrogen) atoms. The molecular weight excluding hydrogens is 210 g/mol. The molecule has 0 heterocycles. The van der Waals surface area contributed by atoms with E-state index >= 15 is 0 Å². The molecule has 0 aliphatic carbocycles. The number of aryl methyl sites for hydroxylation is 1. The van der Waals surface area contributed by atoms with Crippen molar-refractivity contribution in [2.75, 3.05) is 6.61 Å². The van der Waals surface area contributed by atoms with Crippen LogP contribution in [0.25, 0.3) is 0 Å². The van der Waals surface area contributed by atoms with E-state index in [0.717, 1.165) is 0 Å². The molecule has 5 nitrogen and oxygen atoms in total. The number of nitro groups is 1. The Bertz CT molecular complexity index is 440. The van der Waals surface area contributed by atoms with Gasteiger partial charge in [0.05, 0.1) is 17.1 Å². The minimum Gasteiger partial charge on any atom is -0.462 e. The van der Waals surface area contributed by atoms with E-state index < -0.39 is 10.9 Å². The van der Waals surface area contributed by atoms with E-state index in [2.05, 4.69) is 0 Å². The average Bonchev–Trinajstić information content (AvgIpc) is 2.21. The standard InChI is InChI=1S/C11H13NO4/c1-4-16-11(13)10-6-9(12(14)15)5-7(2)8(10)3/h5-6H,4H2,1-3H3. The number of hydrogen-bond acceptors (Lipinski definition) is 4. The van der Waals surface area contributed by atoms with Gasteiger partial charge in [0, 0.05) is 12.1 Å². The molecule has 1 aromatic carbocycles. The number of non-ortho nitro benzene ring substituents is 1. The van der Waals surface area contributed by atoms with Crippen LogP contribution in [0.2, 0.25) is 0 Å². The van der Waals surface area contributed by atoms with Gasteiger partial charge >= 0.3 is 5.97 Å². The maximum atomic E-state index is 11.5. The van der Waals surface area contributed by atoms with Gasteiger partial charge in [-0.3, -0.25) is 10.1 Å². The Morgan fingerprint density at radius 1 is 1.44 bits per heavy atom. The van der Waals surface area contributed by atoms with E-state index in [0.29, 0.717) is 11.1 Å². The van der Waals surface area contributed by atoms with Crippen LogP contribution in [-0.4, -0.2) is 17.5 Å². The minimum absolute atomic E-state index is 0.0915. The molecule has 0 atom stereocenters. The smallest absolute Gasteiger partial charge is 0.338 e. The first-order valence-corrected chi connectivity index (χ1v) is 4.90. The van der Waals surface area contributed by atoms with Crippen molar-refractivity contribution in [2.45, 2.75) is 20.8 Å². The van der Waals surface area contributed by atoms with Crippen LogP contribution in [0.1, 0.15) is 28.4 Å². The van der Waals surface area contributed by atoms with Crippen LogP contribution in [0.4, 0.5) is 5.69 Å². The third-order valence-corrected chi connectivity index (χ3v) is 2.36. The number of esters is 1.